The van der Waals surface area contributed by atoms with Crippen molar-refractivity contribution in [1.29, 1.82) is 10.8 Å². The van der Waals surface area contributed by atoms with Crippen LogP contribution in [0.3, 0.4) is 0 Å². The van der Waals surface area contributed by atoms with Gasteiger partial charge in [0.25, 0.3) is 0 Å². The Balaban J connectivity index is 0.000000185. The average Bonchev–Trinajstić information content (AvgIpc) is 3.45. The van der Waals surface area contributed by atoms with E-state index in [0.29, 0.717) is 22.4 Å². The molecule has 2 heterocycles. The molecule has 0 saturated carbocycles. The summed E-state index contributed by atoms with van der Waals surface area (Å²) in [5.74, 6) is -0.0217. The van der Waals surface area contributed by atoms with Crippen LogP contribution in [-0.2, 0) is 27.2 Å². The summed E-state index contributed by atoms with van der Waals surface area (Å²) in [5.41, 5.74) is 9.39. The van der Waals surface area contributed by atoms with Crippen LogP contribution >= 0.6 is 15.9 Å². The van der Waals surface area contributed by atoms with Crippen molar-refractivity contribution >= 4 is 60.7 Å². The van der Waals surface area contributed by atoms with Crippen LogP contribution in [0.5, 0.6) is 0 Å². The first-order chi connectivity index (χ1) is 22.4. The maximum absolute atomic E-state index is 12.6. The molecule has 6 aromatic rings. The van der Waals surface area contributed by atoms with Crippen molar-refractivity contribution in [2.24, 2.45) is 14.1 Å². The lowest BCUT2D eigenvalue weighted by Gasteiger charge is -2.06. The minimum Gasteiger partial charge on any atom is -0.313 e. The molecule has 8 nitrogen and oxygen atoms in total. The molecule has 238 valence electrons. The van der Waals surface area contributed by atoms with E-state index in [1.807, 2.05) is 94.7 Å². The van der Waals surface area contributed by atoms with E-state index >= 15 is 0 Å². The summed E-state index contributed by atoms with van der Waals surface area (Å²) in [6.45, 7) is 12.2. The van der Waals surface area contributed by atoms with E-state index < -0.39 is 0 Å². The van der Waals surface area contributed by atoms with E-state index in [1.54, 1.807) is 42.5 Å². The number of fused-ring (bicyclic) bond motifs is 2. The van der Waals surface area contributed by atoms with Gasteiger partial charge < -0.3 is 18.3 Å². The van der Waals surface area contributed by atoms with Gasteiger partial charge in [-0.2, -0.15) is 0 Å². The van der Waals surface area contributed by atoms with E-state index in [-0.39, 0.29) is 24.7 Å². The van der Waals surface area contributed by atoms with E-state index in [4.69, 9.17) is 10.8 Å². The van der Waals surface area contributed by atoms with Crippen molar-refractivity contribution in [3.63, 3.8) is 0 Å². The predicted molar refractivity (Wildman–Crippen MR) is 192 cm³/mol. The smallest absolute Gasteiger partial charge is 0.203 e. The molecular weight excluding hydrogens is 652 g/mol. The Hall–Kier alpha value is -5.28. The number of carbonyl (C=O) groups is 2. The van der Waals surface area contributed by atoms with Gasteiger partial charge in [0.05, 0.1) is 35.2 Å². The Morgan fingerprint density at radius 2 is 1.02 bits per heavy atom. The van der Waals surface area contributed by atoms with Crippen LogP contribution in [0.4, 0.5) is 0 Å². The summed E-state index contributed by atoms with van der Waals surface area (Å²) in [7, 11) is 3.69. The number of nitrogens with one attached hydrogen (secondary N) is 2. The van der Waals surface area contributed by atoms with E-state index in [1.165, 1.54) is 0 Å². The van der Waals surface area contributed by atoms with Crippen LogP contribution in [0, 0.1) is 10.8 Å². The summed E-state index contributed by atoms with van der Waals surface area (Å²) in [5, 5.41) is 16.7. The fourth-order valence-corrected chi connectivity index (χ4v) is 6.01. The fourth-order valence-electron chi connectivity index (χ4n) is 5.74. The van der Waals surface area contributed by atoms with Crippen molar-refractivity contribution in [1.82, 2.24) is 18.3 Å². The molecule has 47 heavy (non-hydrogen) atoms. The van der Waals surface area contributed by atoms with Crippen molar-refractivity contribution in [3.8, 4) is 0 Å². The molecule has 0 spiro atoms. The SMILES string of the molecule is C=C(C)c1cccc2c1n(C)c(=N)n2CC(=O)c1ccc(Br)cc1.C=C(C)c1cccc2c1n(C)c(=N)n2CC(=O)c1ccccc1. The molecular formula is C38H37BrN6O2. The number of allylic oxidation sites excluding steroid dienone is 2. The summed E-state index contributed by atoms with van der Waals surface area (Å²) in [6.07, 6.45) is 0. The molecule has 0 unspecified atom stereocenters. The van der Waals surface area contributed by atoms with Crippen molar-refractivity contribution < 1.29 is 9.59 Å². The Labute approximate surface area is 281 Å². The molecule has 0 aliphatic rings. The van der Waals surface area contributed by atoms with Gasteiger partial charge in [-0.3, -0.25) is 20.4 Å². The van der Waals surface area contributed by atoms with Gasteiger partial charge in [0.2, 0.25) is 11.2 Å². The number of hydrogen-bond acceptors (Lipinski definition) is 4. The number of rotatable bonds is 8. The third kappa shape index (κ3) is 6.53. The minimum absolute atomic E-state index is 0.00247. The Bertz CT molecular complexity index is 2300. The molecule has 0 saturated heterocycles. The molecule has 6 rings (SSSR count). The maximum atomic E-state index is 12.6. The number of carbonyl (C=O) groups excluding carboxylic acids is 2. The monoisotopic (exact) mass is 688 g/mol. The molecule has 0 aliphatic heterocycles. The van der Waals surface area contributed by atoms with Gasteiger partial charge in [-0.05, 0) is 49.3 Å². The van der Waals surface area contributed by atoms with Crippen LogP contribution in [-0.4, -0.2) is 29.8 Å². The third-order valence-corrected chi connectivity index (χ3v) is 8.74. The van der Waals surface area contributed by atoms with E-state index in [9.17, 15) is 9.59 Å². The van der Waals surface area contributed by atoms with Crippen molar-refractivity contribution in [2.75, 3.05) is 0 Å². The summed E-state index contributed by atoms with van der Waals surface area (Å²) in [6, 6.07) is 28.2. The number of Topliss-reactive ketones (excluding diaryl/α,β-unsaturated/α-hetero) is 2. The molecule has 0 fully saturated rings. The topological polar surface area (TPSA) is 102 Å². The number of hydrogen-bond donors (Lipinski definition) is 2. The van der Waals surface area contributed by atoms with Crippen LogP contribution < -0.4 is 11.2 Å². The summed E-state index contributed by atoms with van der Waals surface area (Å²) < 4.78 is 8.03. The molecule has 9 heteroatoms. The van der Waals surface area contributed by atoms with Gasteiger partial charge >= 0.3 is 0 Å². The quantitative estimate of drug-likeness (QED) is 0.162. The number of aromatic nitrogens is 4. The highest BCUT2D eigenvalue weighted by atomic mass is 79.9. The molecule has 2 N–H and O–H groups in total. The van der Waals surface area contributed by atoms with Crippen LogP contribution in [0.2, 0.25) is 0 Å². The number of para-hydroxylation sites is 2. The number of benzene rings is 4. The second kappa shape index (κ2) is 13.6. The Morgan fingerprint density at radius 3 is 1.43 bits per heavy atom. The number of halogens is 1. The number of aryl methyl sites for hydroxylation is 2. The van der Waals surface area contributed by atoms with Gasteiger partial charge in [0.1, 0.15) is 0 Å². The number of ketones is 2. The first-order valence-corrected chi connectivity index (χ1v) is 15.8. The molecule has 0 bridgehead atoms. The van der Waals surface area contributed by atoms with Crippen LogP contribution in [0.1, 0.15) is 45.7 Å². The minimum atomic E-state index is -0.0192. The second-order valence-corrected chi connectivity index (χ2v) is 12.5. The highest BCUT2D eigenvalue weighted by molar-refractivity contribution is 9.10. The molecule has 0 aliphatic carbocycles. The van der Waals surface area contributed by atoms with Crippen LogP contribution in [0.25, 0.3) is 33.2 Å². The lowest BCUT2D eigenvalue weighted by Crippen LogP contribution is -2.25. The largest absolute Gasteiger partial charge is 0.313 e. The van der Waals surface area contributed by atoms with Gasteiger partial charge in [-0.25, -0.2) is 0 Å². The standard InChI is InChI=1S/C19H18BrN3O.C19H19N3O/c1-12(2)15-5-4-6-16-18(15)22(3)19(21)23(16)11-17(24)13-7-9-14(20)10-8-13;1-13(2)15-10-7-11-16-18(15)21(3)19(20)22(16)12-17(23)14-8-5-4-6-9-14/h4-10,21H,1,11H2,2-3H3;4-11,20H,1,12H2,2-3H3. The normalized spacial score (nSPS) is 10.9. The van der Waals surface area contributed by atoms with Crippen molar-refractivity contribution in [2.45, 2.75) is 26.9 Å². The lowest BCUT2D eigenvalue weighted by molar-refractivity contribution is 0.0963. The molecule has 0 radical (unpaired) electrons. The third-order valence-electron chi connectivity index (χ3n) is 8.21. The van der Waals surface area contributed by atoms with Gasteiger partial charge in [-0.1, -0.05) is 95.8 Å². The van der Waals surface area contributed by atoms with Crippen molar-refractivity contribution in [3.05, 3.63) is 142 Å². The van der Waals surface area contributed by atoms with Gasteiger partial charge in [0, 0.05) is 40.8 Å². The zero-order valence-corrected chi connectivity index (χ0v) is 28.6. The molecule has 2 aromatic heterocycles. The molecule has 4 aromatic carbocycles. The molecule has 0 amide bonds. The number of imidazole rings is 2. The average molecular weight is 690 g/mol. The molecule has 0 atom stereocenters. The maximum Gasteiger partial charge on any atom is 0.203 e. The van der Waals surface area contributed by atoms with E-state index in [0.717, 1.165) is 48.8 Å². The Kier molecular flexibility index (Phi) is 9.58. The first kappa shape index (κ1) is 33.1. The zero-order chi connectivity index (χ0) is 34.0. The fraction of sp³-hybridized carbons (Fsp3) is 0.158. The number of nitrogens with zero attached hydrogens (tertiary/aromatic N) is 4. The predicted octanol–water partition coefficient (Wildman–Crippen LogP) is 7.51. The summed E-state index contributed by atoms with van der Waals surface area (Å²) >= 11 is 3.37. The highest BCUT2D eigenvalue weighted by Gasteiger charge is 2.17. The zero-order valence-electron chi connectivity index (χ0n) is 27.0. The highest BCUT2D eigenvalue weighted by Crippen LogP contribution is 2.24. The first-order valence-electron chi connectivity index (χ1n) is 15.0. The van der Waals surface area contributed by atoms with Crippen LogP contribution in [0.15, 0.2) is 109 Å². The van der Waals surface area contributed by atoms with Gasteiger partial charge in [0.15, 0.2) is 11.6 Å². The van der Waals surface area contributed by atoms with E-state index in [2.05, 4.69) is 29.1 Å². The lowest BCUT2D eigenvalue weighted by atomic mass is 10.1. The Morgan fingerprint density at radius 1 is 0.617 bits per heavy atom. The summed E-state index contributed by atoms with van der Waals surface area (Å²) in [4.78, 5) is 25.1. The van der Waals surface area contributed by atoms with Gasteiger partial charge in [-0.15, -0.1) is 0 Å². The second-order valence-electron chi connectivity index (χ2n) is 11.6.